The van der Waals surface area contributed by atoms with Gasteiger partial charge in [-0.1, -0.05) is 41.7 Å². The summed E-state index contributed by atoms with van der Waals surface area (Å²) < 4.78 is 9.67. The molecule has 1 aromatic carbocycles. The molecule has 0 saturated carbocycles. The van der Waals surface area contributed by atoms with E-state index in [4.69, 9.17) is 4.74 Å². The van der Waals surface area contributed by atoms with Crippen LogP contribution in [0.2, 0.25) is 0 Å². The van der Waals surface area contributed by atoms with Gasteiger partial charge in [-0.3, -0.25) is 9.69 Å². The van der Waals surface area contributed by atoms with Crippen LogP contribution in [-0.4, -0.2) is 52.2 Å². The van der Waals surface area contributed by atoms with E-state index in [1.54, 1.807) is 5.38 Å². The number of ether oxygens (including phenoxy) is 1. The molecule has 1 aromatic heterocycles. The molecule has 1 N–H and O–H groups in total. The van der Waals surface area contributed by atoms with Crippen molar-refractivity contribution in [1.82, 2.24) is 19.8 Å². The summed E-state index contributed by atoms with van der Waals surface area (Å²) in [6.07, 6.45) is 0.802. The summed E-state index contributed by atoms with van der Waals surface area (Å²) in [5.74, 6) is -0.181. The van der Waals surface area contributed by atoms with Crippen LogP contribution in [0.25, 0.3) is 0 Å². The first kappa shape index (κ1) is 17.0. The van der Waals surface area contributed by atoms with E-state index in [9.17, 15) is 4.79 Å². The molecule has 1 aliphatic rings. The van der Waals surface area contributed by atoms with Crippen molar-refractivity contribution in [2.45, 2.75) is 32.0 Å². The molecule has 0 unspecified atom stereocenters. The van der Waals surface area contributed by atoms with E-state index in [2.05, 4.69) is 51.0 Å². The SMILES string of the molecule is CC[C@@H](NC(=O)c1csnn1)[C@@H]1CN(Cc2ccccc2)CCO1. The Labute approximate surface area is 146 Å². The van der Waals surface area contributed by atoms with Crippen molar-refractivity contribution in [3.05, 3.63) is 47.0 Å². The first-order valence-electron chi connectivity index (χ1n) is 8.22. The number of aromatic nitrogens is 2. The number of carbonyl (C=O) groups excluding carboxylic acids is 1. The molecular formula is C17H22N4O2S. The van der Waals surface area contributed by atoms with Gasteiger partial charge in [-0.25, -0.2) is 0 Å². The summed E-state index contributed by atoms with van der Waals surface area (Å²) in [7, 11) is 0. The van der Waals surface area contributed by atoms with E-state index >= 15 is 0 Å². The maximum atomic E-state index is 12.2. The normalized spacial score (nSPS) is 19.8. The molecule has 2 heterocycles. The van der Waals surface area contributed by atoms with Gasteiger partial charge in [0.25, 0.3) is 5.91 Å². The van der Waals surface area contributed by atoms with E-state index in [-0.39, 0.29) is 18.1 Å². The lowest BCUT2D eigenvalue weighted by atomic mass is 10.1. The Kier molecular flexibility index (Phi) is 5.90. The Morgan fingerprint density at radius 3 is 3.00 bits per heavy atom. The summed E-state index contributed by atoms with van der Waals surface area (Å²) in [5.41, 5.74) is 1.67. The highest BCUT2D eigenvalue weighted by atomic mass is 32.1. The number of rotatable bonds is 6. The van der Waals surface area contributed by atoms with Gasteiger partial charge in [0.1, 0.15) is 0 Å². The largest absolute Gasteiger partial charge is 0.373 e. The fourth-order valence-corrected chi connectivity index (χ4v) is 3.36. The lowest BCUT2D eigenvalue weighted by molar-refractivity contribution is -0.0483. The van der Waals surface area contributed by atoms with Gasteiger partial charge in [0.2, 0.25) is 0 Å². The minimum absolute atomic E-state index is 0.0111. The average Bonchev–Trinajstić information content (AvgIpc) is 3.15. The van der Waals surface area contributed by atoms with Gasteiger partial charge in [0, 0.05) is 25.0 Å². The molecule has 24 heavy (non-hydrogen) atoms. The standard InChI is InChI=1S/C17H22N4O2S/c1-2-14(18-17(22)15-12-24-20-19-15)16-11-21(8-9-23-16)10-13-6-4-3-5-7-13/h3-7,12,14,16H,2,8-11H2,1H3,(H,18,22)/t14-,16+/m1/s1. The first-order valence-corrected chi connectivity index (χ1v) is 9.05. The molecular weight excluding hydrogens is 324 g/mol. The molecule has 1 fully saturated rings. The molecule has 0 bridgehead atoms. The Morgan fingerprint density at radius 2 is 2.29 bits per heavy atom. The van der Waals surface area contributed by atoms with Crippen LogP contribution in [0.5, 0.6) is 0 Å². The highest BCUT2D eigenvalue weighted by Gasteiger charge is 2.29. The number of nitrogens with one attached hydrogen (secondary N) is 1. The van der Waals surface area contributed by atoms with E-state index < -0.39 is 0 Å². The fraction of sp³-hybridized carbons (Fsp3) is 0.471. The highest BCUT2D eigenvalue weighted by Crippen LogP contribution is 2.15. The van der Waals surface area contributed by atoms with Gasteiger partial charge < -0.3 is 10.1 Å². The van der Waals surface area contributed by atoms with E-state index in [1.165, 1.54) is 17.1 Å². The summed E-state index contributed by atoms with van der Waals surface area (Å²) in [6, 6.07) is 10.4. The molecule has 1 saturated heterocycles. The van der Waals surface area contributed by atoms with Crippen molar-refractivity contribution in [2.75, 3.05) is 19.7 Å². The van der Waals surface area contributed by atoms with Gasteiger partial charge >= 0.3 is 0 Å². The summed E-state index contributed by atoms with van der Waals surface area (Å²) in [5, 5.41) is 8.52. The molecule has 128 valence electrons. The predicted octanol–water partition coefficient (Wildman–Crippen LogP) is 1.95. The second-order valence-corrected chi connectivity index (χ2v) is 6.52. The fourth-order valence-electron chi connectivity index (χ4n) is 2.92. The Balaban J connectivity index is 1.58. The summed E-state index contributed by atoms with van der Waals surface area (Å²) in [4.78, 5) is 14.6. The number of hydrogen-bond donors (Lipinski definition) is 1. The highest BCUT2D eigenvalue weighted by molar-refractivity contribution is 7.03. The van der Waals surface area contributed by atoms with Gasteiger partial charge in [0.05, 0.1) is 18.8 Å². The van der Waals surface area contributed by atoms with Gasteiger partial charge in [-0.05, 0) is 23.5 Å². The minimum Gasteiger partial charge on any atom is -0.373 e. The van der Waals surface area contributed by atoms with Gasteiger partial charge in [-0.15, -0.1) is 5.10 Å². The van der Waals surface area contributed by atoms with Gasteiger partial charge in [0.15, 0.2) is 5.69 Å². The topological polar surface area (TPSA) is 67.4 Å². The Morgan fingerprint density at radius 1 is 1.46 bits per heavy atom. The van der Waals surface area contributed by atoms with E-state index in [0.717, 1.165) is 26.1 Å². The van der Waals surface area contributed by atoms with E-state index in [0.29, 0.717) is 12.3 Å². The quantitative estimate of drug-likeness (QED) is 0.866. The van der Waals surface area contributed by atoms with Crippen LogP contribution in [0.3, 0.4) is 0 Å². The van der Waals surface area contributed by atoms with Crippen LogP contribution in [-0.2, 0) is 11.3 Å². The molecule has 0 radical (unpaired) electrons. The van der Waals surface area contributed by atoms with Crippen molar-refractivity contribution in [3.63, 3.8) is 0 Å². The molecule has 6 nitrogen and oxygen atoms in total. The average molecular weight is 346 g/mol. The predicted molar refractivity (Wildman–Crippen MR) is 92.9 cm³/mol. The number of nitrogens with zero attached hydrogens (tertiary/aromatic N) is 3. The third-order valence-corrected chi connectivity index (χ3v) is 4.73. The van der Waals surface area contributed by atoms with Crippen LogP contribution in [0.1, 0.15) is 29.4 Å². The lowest BCUT2D eigenvalue weighted by Gasteiger charge is -2.37. The van der Waals surface area contributed by atoms with Crippen LogP contribution in [0.15, 0.2) is 35.7 Å². The third-order valence-electron chi connectivity index (χ3n) is 4.22. The first-order chi connectivity index (χ1) is 11.8. The molecule has 0 aliphatic carbocycles. The number of morpholine rings is 1. The smallest absolute Gasteiger partial charge is 0.273 e. The molecule has 7 heteroatoms. The number of carbonyl (C=O) groups is 1. The van der Waals surface area contributed by atoms with Crippen molar-refractivity contribution >= 4 is 17.4 Å². The van der Waals surface area contributed by atoms with Gasteiger partial charge in [-0.2, -0.15) is 0 Å². The third kappa shape index (κ3) is 4.37. The molecule has 2 aromatic rings. The number of amides is 1. The van der Waals surface area contributed by atoms with Crippen LogP contribution < -0.4 is 5.32 Å². The second-order valence-electron chi connectivity index (χ2n) is 5.91. The maximum absolute atomic E-state index is 12.2. The number of benzene rings is 1. The molecule has 1 aliphatic heterocycles. The van der Waals surface area contributed by atoms with Crippen LogP contribution >= 0.6 is 11.5 Å². The summed E-state index contributed by atoms with van der Waals surface area (Å²) in [6.45, 7) is 5.36. The van der Waals surface area contributed by atoms with Crippen molar-refractivity contribution < 1.29 is 9.53 Å². The Bertz CT molecular complexity index is 635. The Hall–Kier alpha value is -1.83. The maximum Gasteiger partial charge on any atom is 0.273 e. The molecule has 0 spiro atoms. The van der Waals surface area contributed by atoms with Crippen molar-refractivity contribution in [2.24, 2.45) is 0 Å². The summed E-state index contributed by atoms with van der Waals surface area (Å²) >= 11 is 1.18. The number of hydrogen-bond acceptors (Lipinski definition) is 6. The van der Waals surface area contributed by atoms with Crippen molar-refractivity contribution in [3.8, 4) is 0 Å². The van der Waals surface area contributed by atoms with Crippen LogP contribution in [0, 0.1) is 0 Å². The zero-order valence-electron chi connectivity index (χ0n) is 13.7. The van der Waals surface area contributed by atoms with Crippen molar-refractivity contribution in [1.29, 1.82) is 0 Å². The zero-order chi connectivity index (χ0) is 16.8. The molecule has 1 amide bonds. The second kappa shape index (κ2) is 8.32. The lowest BCUT2D eigenvalue weighted by Crippen LogP contribution is -2.53. The zero-order valence-corrected chi connectivity index (χ0v) is 14.5. The molecule has 2 atom stereocenters. The molecule has 3 rings (SSSR count). The minimum atomic E-state index is -0.181. The van der Waals surface area contributed by atoms with Crippen LogP contribution in [0.4, 0.5) is 0 Å². The van der Waals surface area contributed by atoms with E-state index in [1.807, 2.05) is 6.07 Å². The monoisotopic (exact) mass is 346 g/mol.